The molecular formula is C17H16N2O5S. The van der Waals surface area contributed by atoms with E-state index in [1.807, 2.05) is 0 Å². The average molecular weight is 360 g/mol. The summed E-state index contributed by atoms with van der Waals surface area (Å²) in [6.45, 7) is 1.60. The van der Waals surface area contributed by atoms with Gasteiger partial charge in [0.1, 0.15) is 0 Å². The van der Waals surface area contributed by atoms with Crippen LogP contribution in [0.4, 0.5) is 11.4 Å². The summed E-state index contributed by atoms with van der Waals surface area (Å²) in [6.07, 6.45) is 0.882. The van der Waals surface area contributed by atoms with Gasteiger partial charge in [-0.15, -0.1) is 0 Å². The number of hydrogen-bond acceptors (Lipinski definition) is 4. The molecule has 7 nitrogen and oxygen atoms in total. The first kappa shape index (κ1) is 17.0. The van der Waals surface area contributed by atoms with Gasteiger partial charge in [0.2, 0.25) is 5.91 Å². The van der Waals surface area contributed by atoms with Crippen LogP contribution < -0.4 is 10.0 Å². The maximum atomic E-state index is 12.6. The van der Waals surface area contributed by atoms with Gasteiger partial charge in [0, 0.05) is 17.8 Å². The Hall–Kier alpha value is -2.87. The van der Waals surface area contributed by atoms with Crippen LogP contribution in [-0.2, 0) is 21.2 Å². The Kier molecular flexibility index (Phi) is 4.22. The van der Waals surface area contributed by atoms with Crippen molar-refractivity contribution in [1.82, 2.24) is 0 Å². The van der Waals surface area contributed by atoms with Crippen LogP contribution in [0.25, 0.3) is 0 Å². The predicted molar refractivity (Wildman–Crippen MR) is 92.3 cm³/mol. The number of carboxylic acid groups (broad SMARTS) is 1. The quantitative estimate of drug-likeness (QED) is 0.775. The van der Waals surface area contributed by atoms with Crippen molar-refractivity contribution in [2.45, 2.75) is 24.7 Å². The zero-order valence-electron chi connectivity index (χ0n) is 13.4. The van der Waals surface area contributed by atoms with E-state index in [9.17, 15) is 18.0 Å². The van der Waals surface area contributed by atoms with Gasteiger partial charge in [-0.05, 0) is 54.8 Å². The fraction of sp³-hybridized carbons (Fsp3) is 0.176. The van der Waals surface area contributed by atoms with E-state index in [0.717, 1.165) is 11.6 Å². The van der Waals surface area contributed by atoms with Crippen molar-refractivity contribution >= 4 is 33.3 Å². The largest absolute Gasteiger partial charge is 0.478 e. The highest BCUT2D eigenvalue weighted by Crippen LogP contribution is 2.27. The highest BCUT2D eigenvalue weighted by atomic mass is 32.2. The molecule has 0 radical (unpaired) electrons. The van der Waals surface area contributed by atoms with Crippen LogP contribution in [0.1, 0.15) is 27.9 Å². The van der Waals surface area contributed by atoms with Crippen LogP contribution in [0.15, 0.2) is 41.3 Å². The summed E-state index contributed by atoms with van der Waals surface area (Å²) in [5.41, 5.74) is 2.22. The van der Waals surface area contributed by atoms with Crippen molar-refractivity contribution in [3.63, 3.8) is 0 Å². The molecule has 0 saturated carbocycles. The number of anilines is 2. The maximum Gasteiger partial charge on any atom is 0.335 e. The number of fused-ring (bicyclic) bond motifs is 1. The molecule has 3 rings (SSSR count). The standard InChI is InChI=1S/C17H16N2O5S/c1-10-2-3-12(17(21)22)9-15(10)25(23,24)19-13-5-6-14-11(8-13)4-7-16(20)18-14/h2-3,5-6,8-9,19H,4,7H2,1H3,(H,18,20)(H,21,22). The van der Waals surface area contributed by atoms with Crippen LogP contribution in [0.5, 0.6) is 0 Å². The molecule has 3 N–H and O–H groups in total. The summed E-state index contributed by atoms with van der Waals surface area (Å²) in [5.74, 6) is -1.26. The number of nitrogens with one attached hydrogen (secondary N) is 2. The number of aryl methyl sites for hydroxylation is 2. The molecule has 0 aliphatic carbocycles. The normalized spacial score (nSPS) is 13.7. The Morgan fingerprint density at radius 2 is 1.92 bits per heavy atom. The molecule has 1 aliphatic rings. The lowest BCUT2D eigenvalue weighted by Gasteiger charge is -2.18. The topological polar surface area (TPSA) is 113 Å². The first-order valence-electron chi connectivity index (χ1n) is 7.56. The number of aromatic carboxylic acids is 1. The van der Waals surface area contributed by atoms with Gasteiger partial charge < -0.3 is 10.4 Å². The maximum absolute atomic E-state index is 12.6. The van der Waals surface area contributed by atoms with E-state index in [2.05, 4.69) is 10.0 Å². The number of carbonyl (C=O) groups excluding carboxylic acids is 1. The molecule has 0 bridgehead atoms. The highest BCUT2D eigenvalue weighted by Gasteiger charge is 2.21. The van der Waals surface area contributed by atoms with E-state index in [-0.39, 0.29) is 16.4 Å². The molecule has 0 atom stereocenters. The Bertz CT molecular complexity index is 983. The second-order valence-electron chi connectivity index (χ2n) is 5.81. The van der Waals surface area contributed by atoms with Gasteiger partial charge in [-0.1, -0.05) is 6.07 Å². The Balaban J connectivity index is 1.93. The number of sulfonamides is 1. The van der Waals surface area contributed by atoms with Gasteiger partial charge in [0.15, 0.2) is 0 Å². The molecule has 0 unspecified atom stereocenters. The number of hydrogen-bond donors (Lipinski definition) is 3. The third-order valence-corrected chi connectivity index (χ3v) is 5.50. The zero-order valence-corrected chi connectivity index (χ0v) is 14.2. The lowest BCUT2D eigenvalue weighted by Crippen LogP contribution is -2.20. The third kappa shape index (κ3) is 3.48. The first-order chi connectivity index (χ1) is 11.8. The summed E-state index contributed by atoms with van der Waals surface area (Å²) >= 11 is 0. The Morgan fingerprint density at radius 1 is 1.16 bits per heavy atom. The average Bonchev–Trinajstić information content (AvgIpc) is 2.54. The van der Waals surface area contributed by atoms with Crippen LogP contribution in [0.2, 0.25) is 0 Å². The Labute approximate surface area is 144 Å². The van der Waals surface area contributed by atoms with Crippen LogP contribution >= 0.6 is 0 Å². The number of rotatable bonds is 4. The SMILES string of the molecule is Cc1ccc(C(=O)O)cc1S(=O)(=O)Nc1ccc2c(c1)CCC(=O)N2. The van der Waals surface area contributed by atoms with Crippen molar-refractivity contribution in [2.24, 2.45) is 0 Å². The predicted octanol–water partition coefficient (Wildman–Crippen LogP) is 2.38. The molecule has 8 heteroatoms. The van der Waals surface area contributed by atoms with Crippen molar-refractivity contribution in [3.05, 3.63) is 53.1 Å². The number of benzene rings is 2. The van der Waals surface area contributed by atoms with Crippen LogP contribution in [-0.4, -0.2) is 25.4 Å². The van der Waals surface area contributed by atoms with Gasteiger partial charge in [0.25, 0.3) is 10.0 Å². The smallest absolute Gasteiger partial charge is 0.335 e. The lowest BCUT2D eigenvalue weighted by atomic mass is 10.0. The molecule has 1 aliphatic heterocycles. The minimum Gasteiger partial charge on any atom is -0.478 e. The molecule has 0 saturated heterocycles. The monoisotopic (exact) mass is 360 g/mol. The molecule has 0 fully saturated rings. The second-order valence-corrected chi connectivity index (χ2v) is 7.46. The van der Waals surface area contributed by atoms with Crippen molar-refractivity contribution < 1.29 is 23.1 Å². The second kappa shape index (κ2) is 6.21. The number of amides is 1. The molecule has 2 aromatic carbocycles. The summed E-state index contributed by atoms with van der Waals surface area (Å²) in [7, 11) is -3.94. The van der Waals surface area contributed by atoms with Crippen LogP contribution in [0.3, 0.4) is 0 Å². The summed E-state index contributed by atoms with van der Waals surface area (Å²) in [5, 5.41) is 11.8. The van der Waals surface area contributed by atoms with E-state index < -0.39 is 16.0 Å². The van der Waals surface area contributed by atoms with Gasteiger partial charge in [-0.25, -0.2) is 13.2 Å². The molecular weight excluding hydrogens is 344 g/mol. The summed E-state index contributed by atoms with van der Waals surface area (Å²) in [4.78, 5) is 22.4. The minimum absolute atomic E-state index is 0.0676. The van der Waals surface area contributed by atoms with E-state index in [1.165, 1.54) is 12.1 Å². The molecule has 1 heterocycles. The minimum atomic E-state index is -3.94. The molecule has 25 heavy (non-hydrogen) atoms. The molecule has 130 valence electrons. The molecule has 2 aromatic rings. The molecule has 0 spiro atoms. The fourth-order valence-corrected chi connectivity index (χ4v) is 4.00. The van der Waals surface area contributed by atoms with E-state index in [0.29, 0.717) is 29.8 Å². The van der Waals surface area contributed by atoms with E-state index in [1.54, 1.807) is 25.1 Å². The van der Waals surface area contributed by atoms with E-state index >= 15 is 0 Å². The van der Waals surface area contributed by atoms with Gasteiger partial charge in [-0.2, -0.15) is 0 Å². The third-order valence-electron chi connectivity index (χ3n) is 3.98. The Morgan fingerprint density at radius 3 is 2.64 bits per heavy atom. The van der Waals surface area contributed by atoms with Crippen molar-refractivity contribution in [3.8, 4) is 0 Å². The first-order valence-corrected chi connectivity index (χ1v) is 9.04. The van der Waals surface area contributed by atoms with Gasteiger partial charge in [-0.3, -0.25) is 9.52 Å². The zero-order chi connectivity index (χ0) is 18.2. The fourth-order valence-electron chi connectivity index (χ4n) is 2.68. The van der Waals surface area contributed by atoms with Gasteiger partial charge >= 0.3 is 5.97 Å². The highest BCUT2D eigenvalue weighted by molar-refractivity contribution is 7.92. The summed E-state index contributed by atoms with van der Waals surface area (Å²) < 4.78 is 27.8. The van der Waals surface area contributed by atoms with Gasteiger partial charge in [0.05, 0.1) is 10.5 Å². The van der Waals surface area contributed by atoms with E-state index in [4.69, 9.17) is 5.11 Å². The van der Waals surface area contributed by atoms with Crippen molar-refractivity contribution in [1.29, 1.82) is 0 Å². The molecule has 0 aromatic heterocycles. The summed E-state index contributed by atoms with van der Waals surface area (Å²) in [6, 6.07) is 8.82. The number of carboxylic acids is 1. The van der Waals surface area contributed by atoms with Crippen LogP contribution in [0, 0.1) is 6.92 Å². The molecule has 1 amide bonds. The lowest BCUT2D eigenvalue weighted by molar-refractivity contribution is -0.116. The number of carbonyl (C=O) groups is 2. The van der Waals surface area contributed by atoms with Crippen molar-refractivity contribution in [2.75, 3.05) is 10.0 Å².